The van der Waals surface area contributed by atoms with Crippen LogP contribution in [0.3, 0.4) is 0 Å². The summed E-state index contributed by atoms with van der Waals surface area (Å²) in [6, 6.07) is 14.6. The van der Waals surface area contributed by atoms with E-state index < -0.39 is 29.4 Å². The lowest BCUT2D eigenvalue weighted by atomic mass is 9.85. The van der Waals surface area contributed by atoms with Crippen molar-refractivity contribution in [2.45, 2.75) is 64.4 Å². The monoisotopic (exact) mass is 412 g/mol. The van der Waals surface area contributed by atoms with Crippen LogP contribution >= 0.6 is 0 Å². The lowest BCUT2D eigenvalue weighted by Gasteiger charge is -2.46. The topological polar surface area (TPSA) is 85.0 Å². The summed E-state index contributed by atoms with van der Waals surface area (Å²) in [5, 5.41) is 11.2. The zero-order chi connectivity index (χ0) is 22.1. The predicted octanol–water partition coefficient (Wildman–Crippen LogP) is 4.32. The van der Waals surface area contributed by atoms with Gasteiger partial charge in [0.1, 0.15) is 23.1 Å². The number of benzene rings is 2. The molecule has 1 amide bonds. The second kappa shape index (κ2) is 8.19. The number of aliphatic hydroxyl groups excluding tert-OH is 1. The van der Waals surface area contributed by atoms with E-state index in [9.17, 15) is 9.90 Å². The SMILES string of the molecule is CC(C)(C)OC(=O)N(CCc1ccccc1)[C@H]1c2ccc(N)cc2OC(C)(C)[C@@H]1O. The number of amides is 1. The van der Waals surface area contributed by atoms with Gasteiger partial charge in [-0.05, 0) is 52.7 Å². The number of fused-ring (bicyclic) bond motifs is 1. The number of anilines is 1. The number of hydrogen-bond donors (Lipinski definition) is 2. The van der Waals surface area contributed by atoms with Crippen LogP contribution in [0.4, 0.5) is 10.5 Å². The van der Waals surface area contributed by atoms with Crippen LogP contribution < -0.4 is 10.5 Å². The van der Waals surface area contributed by atoms with E-state index in [2.05, 4.69) is 0 Å². The molecule has 0 spiro atoms. The average molecular weight is 413 g/mol. The number of rotatable bonds is 4. The maximum absolute atomic E-state index is 13.2. The van der Waals surface area contributed by atoms with E-state index in [4.69, 9.17) is 15.2 Å². The Morgan fingerprint density at radius 3 is 2.50 bits per heavy atom. The van der Waals surface area contributed by atoms with Gasteiger partial charge >= 0.3 is 6.09 Å². The molecule has 6 nitrogen and oxygen atoms in total. The standard InChI is InChI=1S/C24H32N2O4/c1-23(2,3)30-22(28)26(14-13-16-9-7-6-8-10-16)20-18-12-11-17(25)15-19(18)29-24(4,5)21(20)27/h6-12,15,20-21,27H,13-14,25H2,1-5H3/t20-,21+/m0/s1. The number of hydrogen-bond acceptors (Lipinski definition) is 5. The van der Waals surface area contributed by atoms with Gasteiger partial charge in [-0.1, -0.05) is 36.4 Å². The Kier molecular flexibility index (Phi) is 5.99. The second-order valence-electron chi connectivity index (χ2n) is 9.30. The van der Waals surface area contributed by atoms with Gasteiger partial charge in [-0.15, -0.1) is 0 Å². The molecule has 1 aliphatic heterocycles. The molecule has 2 atom stereocenters. The summed E-state index contributed by atoms with van der Waals surface area (Å²) in [5.74, 6) is 0.573. The molecule has 0 saturated carbocycles. The molecule has 0 unspecified atom stereocenters. The van der Waals surface area contributed by atoms with Crippen LogP contribution in [0.2, 0.25) is 0 Å². The first-order valence-electron chi connectivity index (χ1n) is 10.3. The van der Waals surface area contributed by atoms with E-state index in [0.717, 1.165) is 11.1 Å². The number of nitrogens with two attached hydrogens (primary N) is 1. The Balaban J connectivity index is 2.01. The Labute approximate surface area is 178 Å². The van der Waals surface area contributed by atoms with Crippen LogP contribution in [0.1, 0.15) is 51.8 Å². The van der Waals surface area contributed by atoms with Crippen molar-refractivity contribution in [2.24, 2.45) is 0 Å². The summed E-state index contributed by atoms with van der Waals surface area (Å²) < 4.78 is 11.7. The summed E-state index contributed by atoms with van der Waals surface area (Å²) in [5.41, 5.74) is 6.78. The van der Waals surface area contributed by atoms with Crippen molar-refractivity contribution in [3.8, 4) is 5.75 Å². The Morgan fingerprint density at radius 1 is 1.20 bits per heavy atom. The molecule has 0 fully saturated rings. The molecule has 3 N–H and O–H groups in total. The highest BCUT2D eigenvalue weighted by Gasteiger charge is 2.47. The van der Waals surface area contributed by atoms with E-state index in [1.807, 2.05) is 57.2 Å². The summed E-state index contributed by atoms with van der Waals surface area (Å²) in [4.78, 5) is 14.9. The molecule has 0 bridgehead atoms. The minimum atomic E-state index is -0.947. The molecule has 0 radical (unpaired) electrons. The molecule has 2 aromatic carbocycles. The Morgan fingerprint density at radius 2 is 1.87 bits per heavy atom. The molecule has 30 heavy (non-hydrogen) atoms. The van der Waals surface area contributed by atoms with E-state index in [-0.39, 0.29) is 0 Å². The van der Waals surface area contributed by atoms with Crippen molar-refractivity contribution < 1.29 is 19.4 Å². The van der Waals surface area contributed by atoms with Crippen molar-refractivity contribution in [1.82, 2.24) is 4.90 Å². The van der Waals surface area contributed by atoms with Crippen LogP contribution in [-0.2, 0) is 11.2 Å². The first-order chi connectivity index (χ1) is 14.0. The predicted molar refractivity (Wildman–Crippen MR) is 117 cm³/mol. The highest BCUT2D eigenvalue weighted by atomic mass is 16.6. The quantitative estimate of drug-likeness (QED) is 0.731. The van der Waals surface area contributed by atoms with Crippen LogP contribution in [0.25, 0.3) is 0 Å². The molecule has 3 rings (SSSR count). The lowest BCUT2D eigenvalue weighted by molar-refractivity contribution is -0.0937. The minimum Gasteiger partial charge on any atom is -0.485 e. The number of carbonyl (C=O) groups excluding carboxylic acids is 1. The molecule has 6 heteroatoms. The first-order valence-corrected chi connectivity index (χ1v) is 10.3. The maximum Gasteiger partial charge on any atom is 0.410 e. The largest absolute Gasteiger partial charge is 0.485 e. The number of nitrogens with zero attached hydrogens (tertiary/aromatic N) is 1. The number of ether oxygens (including phenoxy) is 2. The van der Waals surface area contributed by atoms with Crippen molar-refractivity contribution in [3.63, 3.8) is 0 Å². The van der Waals surface area contributed by atoms with Crippen LogP contribution in [-0.4, -0.2) is 40.0 Å². The Hall–Kier alpha value is -2.73. The molecule has 2 aromatic rings. The number of carbonyl (C=O) groups is 1. The van der Waals surface area contributed by atoms with Gasteiger partial charge < -0.3 is 20.3 Å². The van der Waals surface area contributed by atoms with Gasteiger partial charge in [0, 0.05) is 23.9 Å². The van der Waals surface area contributed by atoms with Crippen molar-refractivity contribution in [2.75, 3.05) is 12.3 Å². The maximum atomic E-state index is 13.2. The lowest BCUT2D eigenvalue weighted by Crippen LogP contribution is -2.55. The summed E-state index contributed by atoms with van der Waals surface area (Å²) in [6.07, 6.45) is -0.783. The van der Waals surface area contributed by atoms with E-state index in [0.29, 0.717) is 24.4 Å². The van der Waals surface area contributed by atoms with Crippen LogP contribution in [0.15, 0.2) is 48.5 Å². The van der Waals surface area contributed by atoms with Crippen molar-refractivity contribution >= 4 is 11.8 Å². The first kappa shape index (κ1) is 22.0. The van der Waals surface area contributed by atoms with Gasteiger partial charge in [0.25, 0.3) is 0 Å². The third-order valence-corrected chi connectivity index (χ3v) is 5.19. The van der Waals surface area contributed by atoms with Crippen molar-refractivity contribution in [3.05, 3.63) is 59.7 Å². The normalized spacial score (nSPS) is 20.1. The second-order valence-corrected chi connectivity index (χ2v) is 9.30. The molecule has 1 aliphatic rings. The third kappa shape index (κ3) is 4.87. The van der Waals surface area contributed by atoms with Crippen LogP contribution in [0, 0.1) is 0 Å². The minimum absolute atomic E-state index is 0.389. The molecular formula is C24H32N2O4. The number of nitrogen functional groups attached to an aromatic ring is 1. The number of aliphatic hydroxyl groups is 1. The fourth-order valence-corrected chi connectivity index (χ4v) is 3.67. The fourth-order valence-electron chi connectivity index (χ4n) is 3.67. The van der Waals surface area contributed by atoms with Gasteiger partial charge in [0.2, 0.25) is 0 Å². The summed E-state index contributed by atoms with van der Waals surface area (Å²) >= 11 is 0. The summed E-state index contributed by atoms with van der Waals surface area (Å²) in [6.45, 7) is 9.50. The highest BCUT2D eigenvalue weighted by Crippen LogP contribution is 2.44. The molecule has 1 heterocycles. The van der Waals surface area contributed by atoms with Gasteiger partial charge in [0.15, 0.2) is 0 Å². The van der Waals surface area contributed by atoms with E-state index in [1.165, 1.54) is 0 Å². The molecule has 162 valence electrons. The van der Waals surface area contributed by atoms with Gasteiger partial charge in [0.05, 0.1) is 6.04 Å². The zero-order valence-electron chi connectivity index (χ0n) is 18.4. The molecule has 0 aromatic heterocycles. The molecule has 0 aliphatic carbocycles. The molecular weight excluding hydrogens is 380 g/mol. The highest BCUT2D eigenvalue weighted by molar-refractivity contribution is 5.70. The van der Waals surface area contributed by atoms with Crippen LogP contribution in [0.5, 0.6) is 5.75 Å². The van der Waals surface area contributed by atoms with Crippen molar-refractivity contribution in [1.29, 1.82) is 0 Å². The Bertz CT molecular complexity index is 890. The van der Waals surface area contributed by atoms with E-state index >= 15 is 0 Å². The van der Waals surface area contributed by atoms with Gasteiger partial charge in [-0.2, -0.15) is 0 Å². The third-order valence-electron chi connectivity index (χ3n) is 5.19. The van der Waals surface area contributed by atoms with Gasteiger partial charge in [-0.3, -0.25) is 4.90 Å². The zero-order valence-corrected chi connectivity index (χ0v) is 18.4. The molecule has 0 saturated heterocycles. The average Bonchev–Trinajstić information content (AvgIpc) is 2.64. The summed E-state index contributed by atoms with van der Waals surface area (Å²) in [7, 11) is 0. The fraction of sp³-hybridized carbons (Fsp3) is 0.458. The van der Waals surface area contributed by atoms with E-state index in [1.54, 1.807) is 30.9 Å². The van der Waals surface area contributed by atoms with Gasteiger partial charge in [-0.25, -0.2) is 4.79 Å². The smallest absolute Gasteiger partial charge is 0.410 e.